The van der Waals surface area contributed by atoms with E-state index in [0.717, 1.165) is 22.2 Å². The van der Waals surface area contributed by atoms with Crippen molar-refractivity contribution in [3.63, 3.8) is 0 Å². The second-order valence-electron chi connectivity index (χ2n) is 4.61. The van der Waals surface area contributed by atoms with Crippen LogP contribution < -0.4 is 0 Å². The van der Waals surface area contributed by atoms with Gasteiger partial charge in [-0.2, -0.15) is 5.26 Å². The first-order valence-electron chi connectivity index (χ1n) is 4.97. The number of hydrogen-bond acceptors (Lipinski definition) is 1. The van der Waals surface area contributed by atoms with Crippen LogP contribution in [0.3, 0.4) is 0 Å². The van der Waals surface area contributed by atoms with E-state index in [1.807, 2.05) is 30.3 Å². The van der Waals surface area contributed by atoms with Crippen LogP contribution in [0.1, 0.15) is 5.56 Å². The molecule has 0 fully saturated rings. The summed E-state index contributed by atoms with van der Waals surface area (Å²) in [5.74, 6) is 0. The van der Waals surface area contributed by atoms with Crippen molar-refractivity contribution in [3.8, 4) is 6.07 Å². The lowest BCUT2D eigenvalue weighted by molar-refractivity contribution is -0.862. The zero-order chi connectivity index (χ0) is 11.3. The number of benzene rings is 1. The van der Waals surface area contributed by atoms with Crippen LogP contribution in [0.2, 0.25) is 0 Å². The average molecular weight is 201 g/mol. The van der Waals surface area contributed by atoms with E-state index >= 15 is 0 Å². The van der Waals surface area contributed by atoms with E-state index < -0.39 is 0 Å². The summed E-state index contributed by atoms with van der Waals surface area (Å²) in [6, 6.07) is 12.2. The third-order valence-electron chi connectivity index (χ3n) is 2.03. The fourth-order valence-corrected chi connectivity index (χ4v) is 1.46. The van der Waals surface area contributed by atoms with Gasteiger partial charge >= 0.3 is 0 Å². The van der Waals surface area contributed by atoms with Gasteiger partial charge in [0.1, 0.15) is 6.54 Å². The van der Waals surface area contributed by atoms with Gasteiger partial charge in [-0.15, -0.1) is 0 Å². The second-order valence-corrected chi connectivity index (χ2v) is 4.61. The van der Waals surface area contributed by atoms with Crippen LogP contribution in [-0.2, 0) is 0 Å². The third kappa shape index (κ3) is 3.97. The molecule has 0 aliphatic rings. The van der Waals surface area contributed by atoms with Crippen LogP contribution in [0.25, 0.3) is 5.57 Å². The topological polar surface area (TPSA) is 23.8 Å². The summed E-state index contributed by atoms with van der Waals surface area (Å²) in [6.45, 7) is 0.859. The molecule has 0 bridgehead atoms. The highest BCUT2D eigenvalue weighted by atomic mass is 15.3. The van der Waals surface area contributed by atoms with Crippen LogP contribution in [0, 0.1) is 11.3 Å². The molecular weight excluding hydrogens is 184 g/mol. The lowest BCUT2D eigenvalue weighted by Gasteiger charge is -2.25. The Balaban J connectivity index is 2.97. The number of likely N-dealkylation sites (N-methyl/N-ethyl adjacent to an activating group) is 1. The molecular formula is C13H17N2+. The van der Waals surface area contributed by atoms with Crippen molar-refractivity contribution in [3.05, 3.63) is 42.0 Å². The Labute approximate surface area is 91.7 Å². The number of nitriles is 1. The maximum absolute atomic E-state index is 8.76. The van der Waals surface area contributed by atoms with Gasteiger partial charge in [0.25, 0.3) is 0 Å². The number of hydrogen-bond donors (Lipinski definition) is 0. The predicted octanol–water partition coefficient (Wildman–Crippen LogP) is 2.30. The first kappa shape index (κ1) is 11.5. The highest BCUT2D eigenvalue weighted by Gasteiger charge is 2.12. The SMILES string of the molecule is C[N+](C)(C)C/C(=C\C#N)c1ccccc1. The van der Waals surface area contributed by atoms with Crippen LogP contribution in [0.5, 0.6) is 0 Å². The van der Waals surface area contributed by atoms with Crippen LogP contribution in [0.15, 0.2) is 36.4 Å². The number of nitrogens with zero attached hydrogens (tertiary/aromatic N) is 2. The molecule has 2 nitrogen and oxygen atoms in total. The molecule has 0 spiro atoms. The maximum atomic E-state index is 8.76. The molecule has 0 N–H and O–H groups in total. The lowest BCUT2D eigenvalue weighted by atomic mass is 10.1. The molecule has 1 aromatic carbocycles. The Kier molecular flexibility index (Phi) is 3.65. The molecule has 2 heteroatoms. The smallest absolute Gasteiger partial charge is 0.105 e. The summed E-state index contributed by atoms with van der Waals surface area (Å²) in [5.41, 5.74) is 2.22. The Morgan fingerprint density at radius 2 is 1.87 bits per heavy atom. The monoisotopic (exact) mass is 201 g/mol. The molecule has 0 radical (unpaired) electrons. The maximum Gasteiger partial charge on any atom is 0.105 e. The third-order valence-corrected chi connectivity index (χ3v) is 2.03. The van der Waals surface area contributed by atoms with E-state index in [1.54, 1.807) is 6.08 Å². The predicted molar refractivity (Wildman–Crippen MR) is 62.9 cm³/mol. The number of rotatable bonds is 3. The van der Waals surface area contributed by atoms with E-state index in [-0.39, 0.29) is 0 Å². The molecule has 0 aliphatic carbocycles. The Morgan fingerprint density at radius 1 is 1.27 bits per heavy atom. The summed E-state index contributed by atoms with van der Waals surface area (Å²) in [5, 5.41) is 8.76. The Morgan fingerprint density at radius 3 is 2.33 bits per heavy atom. The zero-order valence-corrected chi connectivity index (χ0v) is 9.57. The molecule has 0 aliphatic heterocycles. The van der Waals surface area contributed by atoms with Gasteiger partial charge in [0.05, 0.1) is 27.2 Å². The van der Waals surface area contributed by atoms with Crippen molar-refractivity contribution in [2.45, 2.75) is 0 Å². The van der Waals surface area contributed by atoms with Gasteiger partial charge in [-0.25, -0.2) is 0 Å². The van der Waals surface area contributed by atoms with Gasteiger partial charge in [-0.3, -0.25) is 0 Å². The molecule has 15 heavy (non-hydrogen) atoms. The van der Waals surface area contributed by atoms with Crippen LogP contribution in [-0.4, -0.2) is 32.2 Å². The van der Waals surface area contributed by atoms with Gasteiger partial charge in [0.2, 0.25) is 0 Å². The quantitative estimate of drug-likeness (QED) is 0.544. The van der Waals surface area contributed by atoms with Crippen molar-refractivity contribution in [2.75, 3.05) is 27.7 Å². The summed E-state index contributed by atoms with van der Waals surface area (Å²) < 4.78 is 0.822. The fraction of sp³-hybridized carbons (Fsp3) is 0.308. The molecule has 0 heterocycles. The van der Waals surface area contributed by atoms with E-state index in [0.29, 0.717) is 0 Å². The van der Waals surface area contributed by atoms with E-state index in [9.17, 15) is 0 Å². The van der Waals surface area contributed by atoms with Crippen LogP contribution >= 0.6 is 0 Å². The molecule has 0 amide bonds. The van der Waals surface area contributed by atoms with E-state index in [4.69, 9.17) is 5.26 Å². The molecule has 0 aromatic heterocycles. The second kappa shape index (κ2) is 4.77. The minimum Gasteiger partial charge on any atom is -0.327 e. The van der Waals surface area contributed by atoms with Gasteiger partial charge in [-0.1, -0.05) is 30.3 Å². The zero-order valence-electron chi connectivity index (χ0n) is 9.57. The molecule has 0 atom stereocenters. The van der Waals surface area contributed by atoms with E-state index in [1.165, 1.54) is 0 Å². The van der Waals surface area contributed by atoms with Crippen molar-refractivity contribution in [2.24, 2.45) is 0 Å². The first-order chi connectivity index (χ1) is 7.03. The van der Waals surface area contributed by atoms with Crippen molar-refractivity contribution in [1.82, 2.24) is 0 Å². The standard InChI is InChI=1S/C13H17N2/c1-15(2,3)11-13(9-10-14)12-7-5-4-6-8-12/h4-9H,11H2,1-3H3/q+1/b13-9+. The first-order valence-corrected chi connectivity index (χ1v) is 4.97. The fourth-order valence-electron chi connectivity index (χ4n) is 1.46. The number of quaternary nitrogens is 1. The Hall–Kier alpha value is -1.59. The van der Waals surface area contributed by atoms with Crippen LogP contribution in [0.4, 0.5) is 0 Å². The number of allylic oxidation sites excluding steroid dienone is 1. The van der Waals surface area contributed by atoms with Gasteiger partial charge in [0, 0.05) is 11.6 Å². The molecule has 1 rings (SSSR count). The van der Waals surface area contributed by atoms with E-state index in [2.05, 4.69) is 27.2 Å². The minimum atomic E-state index is 0.822. The highest BCUT2D eigenvalue weighted by Crippen LogP contribution is 2.16. The van der Waals surface area contributed by atoms with Crippen molar-refractivity contribution < 1.29 is 4.48 Å². The highest BCUT2D eigenvalue weighted by molar-refractivity contribution is 5.68. The summed E-state index contributed by atoms with van der Waals surface area (Å²) >= 11 is 0. The molecule has 1 aromatic rings. The summed E-state index contributed by atoms with van der Waals surface area (Å²) in [6.07, 6.45) is 1.64. The molecule has 78 valence electrons. The summed E-state index contributed by atoms with van der Waals surface area (Å²) in [4.78, 5) is 0. The Bertz CT molecular complexity index is 377. The summed E-state index contributed by atoms with van der Waals surface area (Å²) in [7, 11) is 6.36. The minimum absolute atomic E-state index is 0.822. The van der Waals surface area contributed by atoms with Gasteiger partial charge in [0.15, 0.2) is 0 Å². The normalized spacial score (nSPS) is 12.3. The van der Waals surface area contributed by atoms with Gasteiger partial charge < -0.3 is 4.48 Å². The van der Waals surface area contributed by atoms with Gasteiger partial charge in [-0.05, 0) is 5.56 Å². The molecule has 0 saturated carbocycles. The lowest BCUT2D eigenvalue weighted by Crippen LogP contribution is -2.35. The largest absolute Gasteiger partial charge is 0.327 e. The molecule has 0 saturated heterocycles. The van der Waals surface area contributed by atoms with Crippen molar-refractivity contribution in [1.29, 1.82) is 5.26 Å². The average Bonchev–Trinajstić information content (AvgIpc) is 2.17. The molecule has 0 unspecified atom stereocenters. The van der Waals surface area contributed by atoms with Crippen molar-refractivity contribution >= 4 is 5.57 Å².